The first-order valence-electron chi connectivity index (χ1n) is 7.64. The number of hydrazine groups is 1. The van der Waals surface area contributed by atoms with E-state index in [1.807, 2.05) is 0 Å². The van der Waals surface area contributed by atoms with E-state index in [-0.39, 0.29) is 21.8 Å². The van der Waals surface area contributed by atoms with Crippen LogP contribution in [0.4, 0.5) is 17.6 Å². The third kappa shape index (κ3) is 4.36. The second-order valence-electron chi connectivity index (χ2n) is 6.59. The molecule has 1 N–H and O–H groups in total. The Morgan fingerprint density at radius 1 is 1.00 bits per heavy atom. The van der Waals surface area contributed by atoms with Gasteiger partial charge < -0.3 is 0 Å². The van der Waals surface area contributed by atoms with Crippen LogP contribution in [-0.4, -0.2) is 27.3 Å². The lowest BCUT2D eigenvalue weighted by Gasteiger charge is -2.35. The van der Waals surface area contributed by atoms with Crippen molar-refractivity contribution in [1.29, 1.82) is 0 Å². The third-order valence-corrected chi connectivity index (χ3v) is 3.98. The molecular formula is C17H13Cl2F4N3O2. The van der Waals surface area contributed by atoms with Crippen molar-refractivity contribution in [2.24, 2.45) is 0 Å². The molecule has 0 atom stereocenters. The van der Waals surface area contributed by atoms with Crippen LogP contribution in [0.25, 0.3) is 0 Å². The Hall–Kier alpha value is -2.39. The first kappa shape index (κ1) is 21.9. The highest BCUT2D eigenvalue weighted by molar-refractivity contribution is 6.34. The summed E-state index contributed by atoms with van der Waals surface area (Å²) in [6, 6.07) is 1.38. The van der Waals surface area contributed by atoms with E-state index >= 15 is 0 Å². The Morgan fingerprint density at radius 3 is 2.18 bits per heavy atom. The predicted molar refractivity (Wildman–Crippen MR) is 93.9 cm³/mol. The summed E-state index contributed by atoms with van der Waals surface area (Å²) in [5.41, 5.74) is -0.349. The van der Waals surface area contributed by atoms with Gasteiger partial charge in [0.2, 0.25) is 0 Å². The van der Waals surface area contributed by atoms with Crippen molar-refractivity contribution >= 4 is 35.0 Å². The number of amides is 2. The van der Waals surface area contributed by atoms with E-state index in [2.05, 4.69) is 10.4 Å². The second-order valence-corrected chi connectivity index (χ2v) is 7.39. The number of halogens is 6. The van der Waals surface area contributed by atoms with Gasteiger partial charge in [0, 0.05) is 6.20 Å². The van der Waals surface area contributed by atoms with Gasteiger partial charge in [0.1, 0.15) is 5.15 Å². The molecule has 1 aromatic heterocycles. The first-order chi connectivity index (χ1) is 12.8. The SMILES string of the molecule is CC(C)(C)N(NC(=O)c1cc(F)c(F)c(F)c1F)C(=O)c1cc(Cl)cnc1Cl. The molecule has 0 saturated carbocycles. The van der Waals surface area contributed by atoms with E-state index in [0.29, 0.717) is 0 Å². The van der Waals surface area contributed by atoms with Crippen molar-refractivity contribution in [3.8, 4) is 0 Å². The molecule has 0 unspecified atom stereocenters. The van der Waals surface area contributed by atoms with Gasteiger partial charge in [0.15, 0.2) is 23.3 Å². The van der Waals surface area contributed by atoms with Gasteiger partial charge in [-0.1, -0.05) is 23.2 Å². The maximum atomic E-state index is 13.9. The smallest absolute Gasteiger partial charge is 0.267 e. The molecule has 5 nitrogen and oxygen atoms in total. The number of benzene rings is 1. The van der Waals surface area contributed by atoms with E-state index in [1.165, 1.54) is 33.0 Å². The molecule has 0 radical (unpaired) electrons. The minimum Gasteiger partial charge on any atom is -0.267 e. The molecule has 28 heavy (non-hydrogen) atoms. The number of hydrogen-bond donors (Lipinski definition) is 1. The van der Waals surface area contributed by atoms with Gasteiger partial charge in [0.05, 0.1) is 21.7 Å². The Bertz CT molecular complexity index is 964. The molecule has 2 rings (SSSR count). The topological polar surface area (TPSA) is 62.3 Å². The minimum absolute atomic E-state index is 0.0849. The van der Waals surface area contributed by atoms with Crippen LogP contribution in [0.15, 0.2) is 18.3 Å². The average Bonchev–Trinajstić information content (AvgIpc) is 2.61. The van der Waals surface area contributed by atoms with E-state index in [4.69, 9.17) is 23.2 Å². The number of rotatable bonds is 2. The molecule has 0 aliphatic rings. The monoisotopic (exact) mass is 437 g/mol. The quantitative estimate of drug-likeness (QED) is 0.247. The van der Waals surface area contributed by atoms with Crippen molar-refractivity contribution < 1.29 is 27.2 Å². The lowest BCUT2D eigenvalue weighted by Crippen LogP contribution is -2.56. The number of aromatic nitrogens is 1. The van der Waals surface area contributed by atoms with Crippen LogP contribution in [0.5, 0.6) is 0 Å². The van der Waals surface area contributed by atoms with E-state index < -0.39 is 46.2 Å². The highest BCUT2D eigenvalue weighted by atomic mass is 35.5. The summed E-state index contributed by atoms with van der Waals surface area (Å²) < 4.78 is 53.8. The zero-order valence-electron chi connectivity index (χ0n) is 14.7. The largest absolute Gasteiger partial charge is 0.275 e. The zero-order valence-corrected chi connectivity index (χ0v) is 16.2. The summed E-state index contributed by atoms with van der Waals surface area (Å²) in [5, 5.41) is 0.622. The Kier molecular flexibility index (Phi) is 6.20. The Labute approximate surface area is 167 Å². The lowest BCUT2D eigenvalue weighted by molar-refractivity contribution is 0.0356. The van der Waals surface area contributed by atoms with Gasteiger partial charge in [0.25, 0.3) is 11.8 Å². The maximum Gasteiger partial charge on any atom is 0.275 e. The van der Waals surface area contributed by atoms with Crippen molar-refractivity contribution in [3.63, 3.8) is 0 Å². The number of carbonyl (C=O) groups excluding carboxylic acids is 2. The fraction of sp³-hybridized carbons (Fsp3) is 0.235. The summed E-state index contributed by atoms with van der Waals surface area (Å²) >= 11 is 11.7. The molecular weight excluding hydrogens is 425 g/mol. The molecule has 2 amide bonds. The third-order valence-electron chi connectivity index (χ3n) is 3.47. The van der Waals surface area contributed by atoms with Crippen molar-refractivity contribution in [2.75, 3.05) is 0 Å². The van der Waals surface area contributed by atoms with Crippen LogP contribution in [-0.2, 0) is 0 Å². The minimum atomic E-state index is -2.15. The molecule has 0 saturated heterocycles. The first-order valence-corrected chi connectivity index (χ1v) is 8.39. The van der Waals surface area contributed by atoms with Gasteiger partial charge in [-0.25, -0.2) is 27.6 Å². The number of pyridine rings is 1. The molecule has 150 valence electrons. The Balaban J connectivity index is 2.45. The molecule has 1 heterocycles. The lowest BCUT2D eigenvalue weighted by atomic mass is 10.1. The summed E-state index contributed by atoms with van der Waals surface area (Å²) in [7, 11) is 0. The molecule has 11 heteroatoms. The molecule has 0 aliphatic heterocycles. The van der Waals surface area contributed by atoms with Crippen LogP contribution < -0.4 is 5.43 Å². The molecule has 0 aliphatic carbocycles. The van der Waals surface area contributed by atoms with Crippen LogP contribution in [0.3, 0.4) is 0 Å². The fourth-order valence-electron chi connectivity index (χ4n) is 2.12. The van der Waals surface area contributed by atoms with E-state index in [9.17, 15) is 27.2 Å². The van der Waals surface area contributed by atoms with E-state index in [1.54, 1.807) is 0 Å². The molecule has 1 aromatic carbocycles. The van der Waals surface area contributed by atoms with Crippen LogP contribution in [0, 0.1) is 23.3 Å². The van der Waals surface area contributed by atoms with E-state index in [0.717, 1.165) is 5.01 Å². The summed E-state index contributed by atoms with van der Waals surface area (Å²) in [6.07, 6.45) is 1.19. The number of nitrogens with zero attached hydrogens (tertiary/aromatic N) is 2. The summed E-state index contributed by atoms with van der Waals surface area (Å²) in [6.45, 7) is 4.54. The van der Waals surface area contributed by atoms with Gasteiger partial charge in [-0.15, -0.1) is 0 Å². The zero-order chi connectivity index (χ0) is 21.4. The van der Waals surface area contributed by atoms with Crippen LogP contribution in [0.1, 0.15) is 41.5 Å². The van der Waals surface area contributed by atoms with Crippen LogP contribution >= 0.6 is 23.2 Å². The second kappa shape index (κ2) is 7.92. The highest BCUT2D eigenvalue weighted by Crippen LogP contribution is 2.24. The molecule has 2 aromatic rings. The van der Waals surface area contributed by atoms with Crippen molar-refractivity contribution in [1.82, 2.24) is 15.4 Å². The summed E-state index contributed by atoms with van der Waals surface area (Å²) in [4.78, 5) is 28.9. The number of carbonyl (C=O) groups is 2. The Morgan fingerprint density at radius 2 is 1.61 bits per heavy atom. The summed E-state index contributed by atoms with van der Waals surface area (Å²) in [5.74, 6) is -10.1. The van der Waals surface area contributed by atoms with Gasteiger partial charge in [-0.3, -0.25) is 15.0 Å². The molecule has 0 bridgehead atoms. The number of nitrogens with one attached hydrogen (secondary N) is 1. The van der Waals surface area contributed by atoms with Gasteiger partial charge >= 0.3 is 0 Å². The van der Waals surface area contributed by atoms with Gasteiger partial charge in [-0.2, -0.15) is 0 Å². The maximum absolute atomic E-state index is 13.9. The molecule has 0 fully saturated rings. The van der Waals surface area contributed by atoms with Crippen molar-refractivity contribution in [2.45, 2.75) is 26.3 Å². The number of hydrogen-bond acceptors (Lipinski definition) is 3. The fourth-order valence-corrected chi connectivity index (χ4v) is 2.46. The average molecular weight is 438 g/mol. The van der Waals surface area contributed by atoms with Gasteiger partial charge in [-0.05, 0) is 32.9 Å². The standard InChI is InChI=1S/C17H13Cl2F4N3O2/c1-17(2,3)26(16(28)9-4-7(18)6-24-14(9)19)25-15(27)8-5-10(20)12(22)13(23)11(8)21/h4-6H,1-3H3,(H,25,27). The highest BCUT2D eigenvalue weighted by Gasteiger charge is 2.33. The van der Waals surface area contributed by atoms with Crippen molar-refractivity contribution in [3.05, 3.63) is 62.9 Å². The normalized spacial score (nSPS) is 11.3. The van der Waals surface area contributed by atoms with Crippen LogP contribution in [0.2, 0.25) is 10.2 Å². The molecule has 0 spiro atoms. The predicted octanol–water partition coefficient (Wildman–Crippen LogP) is 4.53.